The summed E-state index contributed by atoms with van der Waals surface area (Å²) >= 11 is 0. The molecule has 1 saturated carbocycles. The molecule has 1 aromatic heterocycles. The summed E-state index contributed by atoms with van der Waals surface area (Å²) in [7, 11) is 0. The van der Waals surface area contributed by atoms with Crippen LogP contribution in [0.1, 0.15) is 12.8 Å². The standard InChI is InChI=1S/C15H15N3O3/c19-15(10-1-2-10)8-17(9-15)13-3-4-14(18(20)21)11-5-6-16-7-12(11)13/h3-7,10,19H,1-2,8-9H2. The Morgan fingerprint density at radius 3 is 2.71 bits per heavy atom. The van der Waals surface area contributed by atoms with Crippen molar-refractivity contribution < 1.29 is 10.0 Å². The molecule has 6 heteroatoms. The number of hydrogen-bond acceptors (Lipinski definition) is 5. The van der Waals surface area contributed by atoms with E-state index in [0.29, 0.717) is 24.4 Å². The normalized spacial score (nSPS) is 20.3. The molecule has 21 heavy (non-hydrogen) atoms. The second-order valence-corrected chi connectivity index (χ2v) is 6.02. The van der Waals surface area contributed by atoms with E-state index in [-0.39, 0.29) is 10.6 Å². The van der Waals surface area contributed by atoms with Gasteiger partial charge in [0.15, 0.2) is 0 Å². The zero-order chi connectivity index (χ0) is 14.6. The molecule has 0 amide bonds. The predicted octanol–water partition coefficient (Wildman–Crippen LogP) is 2.10. The lowest BCUT2D eigenvalue weighted by molar-refractivity contribution is -0.383. The lowest BCUT2D eigenvalue weighted by Gasteiger charge is -2.48. The topological polar surface area (TPSA) is 79.5 Å². The number of nitro benzene ring substituents is 1. The SMILES string of the molecule is O=[N+]([O-])c1ccc(N2CC(O)(C3CC3)C2)c2cnccc12. The number of benzene rings is 1. The van der Waals surface area contributed by atoms with Crippen molar-refractivity contribution in [1.29, 1.82) is 0 Å². The third kappa shape index (κ3) is 1.86. The summed E-state index contributed by atoms with van der Waals surface area (Å²) in [6.45, 7) is 1.19. The number of fused-ring (bicyclic) bond motifs is 1. The van der Waals surface area contributed by atoms with Gasteiger partial charge >= 0.3 is 0 Å². The van der Waals surface area contributed by atoms with Crippen molar-refractivity contribution in [2.75, 3.05) is 18.0 Å². The second kappa shape index (κ2) is 4.14. The molecule has 2 aromatic rings. The van der Waals surface area contributed by atoms with E-state index in [1.54, 1.807) is 24.5 Å². The number of anilines is 1. The van der Waals surface area contributed by atoms with Gasteiger partial charge in [-0.1, -0.05) is 0 Å². The van der Waals surface area contributed by atoms with E-state index in [1.807, 2.05) is 0 Å². The molecule has 0 spiro atoms. The van der Waals surface area contributed by atoms with Gasteiger partial charge in [0, 0.05) is 42.6 Å². The maximum atomic E-state index is 11.1. The molecule has 2 fully saturated rings. The van der Waals surface area contributed by atoms with Crippen LogP contribution < -0.4 is 4.90 Å². The number of non-ortho nitro benzene ring substituents is 1. The lowest BCUT2D eigenvalue weighted by Crippen LogP contribution is -2.63. The summed E-state index contributed by atoms with van der Waals surface area (Å²) in [6, 6.07) is 4.96. The molecule has 0 unspecified atom stereocenters. The predicted molar refractivity (Wildman–Crippen MR) is 78.3 cm³/mol. The minimum atomic E-state index is -0.573. The smallest absolute Gasteiger partial charge is 0.277 e. The number of rotatable bonds is 3. The van der Waals surface area contributed by atoms with Crippen molar-refractivity contribution >= 4 is 22.1 Å². The number of aliphatic hydroxyl groups is 1. The van der Waals surface area contributed by atoms with Crippen LogP contribution in [0, 0.1) is 16.0 Å². The molecule has 1 saturated heterocycles. The number of β-amino-alcohol motifs (C(OH)–C–C–N with tert-alkyl or cyclic N) is 1. The Morgan fingerprint density at radius 1 is 1.29 bits per heavy atom. The number of nitro groups is 1. The fourth-order valence-electron chi connectivity index (χ4n) is 3.26. The molecule has 1 aliphatic carbocycles. The molecule has 6 nitrogen and oxygen atoms in total. The van der Waals surface area contributed by atoms with Crippen LogP contribution in [0.5, 0.6) is 0 Å². The van der Waals surface area contributed by atoms with Gasteiger partial charge in [-0.25, -0.2) is 0 Å². The van der Waals surface area contributed by atoms with Crippen molar-refractivity contribution in [3.63, 3.8) is 0 Å². The van der Waals surface area contributed by atoms with Gasteiger partial charge in [-0.2, -0.15) is 0 Å². The first-order chi connectivity index (χ1) is 10.1. The van der Waals surface area contributed by atoms with E-state index in [1.165, 1.54) is 6.07 Å². The third-order valence-electron chi connectivity index (χ3n) is 4.58. The zero-order valence-corrected chi connectivity index (χ0v) is 11.4. The quantitative estimate of drug-likeness (QED) is 0.690. The van der Waals surface area contributed by atoms with Crippen LogP contribution in [0.3, 0.4) is 0 Å². The molecule has 2 aliphatic rings. The largest absolute Gasteiger partial charge is 0.386 e. The molecule has 0 radical (unpaired) electrons. The summed E-state index contributed by atoms with van der Waals surface area (Å²) in [5.74, 6) is 0.427. The van der Waals surface area contributed by atoms with Crippen molar-refractivity contribution in [1.82, 2.24) is 4.98 Å². The van der Waals surface area contributed by atoms with Crippen LogP contribution in [0.15, 0.2) is 30.6 Å². The van der Waals surface area contributed by atoms with Crippen LogP contribution in [0.25, 0.3) is 10.8 Å². The number of hydrogen-bond donors (Lipinski definition) is 1. The number of nitrogens with zero attached hydrogens (tertiary/aromatic N) is 3. The van der Waals surface area contributed by atoms with Gasteiger partial charge in [0.2, 0.25) is 0 Å². The van der Waals surface area contributed by atoms with Crippen LogP contribution in [-0.4, -0.2) is 33.7 Å². The monoisotopic (exact) mass is 285 g/mol. The van der Waals surface area contributed by atoms with Gasteiger partial charge in [0.05, 0.1) is 10.3 Å². The average molecular weight is 285 g/mol. The molecule has 1 aliphatic heterocycles. The summed E-state index contributed by atoms with van der Waals surface area (Å²) in [5.41, 5.74) is 0.430. The molecule has 1 aromatic carbocycles. The Balaban J connectivity index is 1.74. The summed E-state index contributed by atoms with van der Waals surface area (Å²) < 4.78 is 0. The number of aromatic nitrogens is 1. The van der Waals surface area contributed by atoms with Crippen molar-refractivity contribution in [2.24, 2.45) is 5.92 Å². The van der Waals surface area contributed by atoms with Gasteiger partial charge in [-0.05, 0) is 30.9 Å². The molecule has 2 heterocycles. The minimum Gasteiger partial charge on any atom is -0.386 e. The van der Waals surface area contributed by atoms with Crippen LogP contribution >= 0.6 is 0 Å². The Kier molecular flexibility index (Phi) is 2.47. The summed E-state index contributed by atoms with van der Waals surface area (Å²) in [4.78, 5) is 16.9. The highest BCUT2D eigenvalue weighted by molar-refractivity contribution is 5.99. The van der Waals surface area contributed by atoms with Gasteiger partial charge in [-0.3, -0.25) is 15.1 Å². The number of pyridine rings is 1. The fourth-order valence-corrected chi connectivity index (χ4v) is 3.26. The highest BCUT2D eigenvalue weighted by Gasteiger charge is 2.52. The van der Waals surface area contributed by atoms with Gasteiger partial charge in [-0.15, -0.1) is 0 Å². The van der Waals surface area contributed by atoms with Crippen LogP contribution in [0.4, 0.5) is 11.4 Å². The van der Waals surface area contributed by atoms with Crippen molar-refractivity contribution in [3.8, 4) is 0 Å². The summed E-state index contributed by atoms with van der Waals surface area (Å²) in [5, 5.41) is 22.9. The molecular weight excluding hydrogens is 270 g/mol. The lowest BCUT2D eigenvalue weighted by atomic mass is 9.87. The maximum absolute atomic E-state index is 11.1. The Labute approximate surface area is 121 Å². The Hall–Kier alpha value is -2.21. The van der Waals surface area contributed by atoms with E-state index in [0.717, 1.165) is 23.9 Å². The van der Waals surface area contributed by atoms with E-state index >= 15 is 0 Å². The zero-order valence-electron chi connectivity index (χ0n) is 11.4. The highest BCUT2D eigenvalue weighted by Crippen LogP contribution is 2.47. The molecule has 1 N–H and O–H groups in total. The Morgan fingerprint density at radius 2 is 2.05 bits per heavy atom. The van der Waals surface area contributed by atoms with E-state index in [2.05, 4.69) is 9.88 Å². The van der Waals surface area contributed by atoms with E-state index in [9.17, 15) is 15.2 Å². The minimum absolute atomic E-state index is 0.0918. The first-order valence-corrected chi connectivity index (χ1v) is 7.07. The first-order valence-electron chi connectivity index (χ1n) is 7.07. The molecule has 0 atom stereocenters. The molecule has 4 rings (SSSR count). The fraction of sp³-hybridized carbons (Fsp3) is 0.400. The van der Waals surface area contributed by atoms with E-state index in [4.69, 9.17) is 0 Å². The van der Waals surface area contributed by atoms with Crippen LogP contribution in [0.2, 0.25) is 0 Å². The van der Waals surface area contributed by atoms with Gasteiger partial charge in [0.1, 0.15) is 5.60 Å². The second-order valence-electron chi connectivity index (χ2n) is 6.02. The highest BCUT2D eigenvalue weighted by atomic mass is 16.6. The van der Waals surface area contributed by atoms with Gasteiger partial charge < -0.3 is 10.0 Å². The van der Waals surface area contributed by atoms with E-state index < -0.39 is 5.60 Å². The maximum Gasteiger partial charge on any atom is 0.277 e. The van der Waals surface area contributed by atoms with Crippen molar-refractivity contribution in [2.45, 2.75) is 18.4 Å². The summed E-state index contributed by atoms with van der Waals surface area (Å²) in [6.07, 6.45) is 5.43. The Bertz CT molecular complexity index is 736. The average Bonchev–Trinajstić information content (AvgIpc) is 3.27. The molecule has 108 valence electrons. The molecular formula is C15H15N3O3. The van der Waals surface area contributed by atoms with Crippen molar-refractivity contribution in [3.05, 3.63) is 40.7 Å². The molecule has 0 bridgehead atoms. The van der Waals surface area contributed by atoms with Crippen LogP contribution in [-0.2, 0) is 0 Å². The first kappa shape index (κ1) is 12.5. The third-order valence-corrected chi connectivity index (χ3v) is 4.58. The van der Waals surface area contributed by atoms with Gasteiger partial charge in [0.25, 0.3) is 5.69 Å².